The number of alkyl halides is 3. The lowest BCUT2D eigenvalue weighted by Crippen LogP contribution is -2.06. The number of carboxylic acids is 1. The van der Waals surface area contributed by atoms with E-state index in [1.807, 2.05) is 0 Å². The van der Waals surface area contributed by atoms with E-state index in [9.17, 15) is 28.1 Å². The molecule has 8 nitrogen and oxygen atoms in total. The van der Waals surface area contributed by atoms with Gasteiger partial charge >= 0.3 is 12.1 Å². The molecule has 0 aliphatic carbocycles. The number of anilines is 1. The number of carboxylic acid groups (broad SMARTS) is 1. The number of benzene rings is 2. The molecule has 0 radical (unpaired) electrons. The minimum Gasteiger partial charge on any atom is -0.478 e. The largest absolute Gasteiger partial charge is 0.478 e. The molecule has 0 spiro atoms. The van der Waals surface area contributed by atoms with E-state index in [-0.39, 0.29) is 17.0 Å². The lowest BCUT2D eigenvalue weighted by Gasteiger charge is -2.08. The topological polar surface area (TPSA) is 118 Å². The molecule has 0 saturated heterocycles. The van der Waals surface area contributed by atoms with Gasteiger partial charge in [-0.2, -0.15) is 18.3 Å². The summed E-state index contributed by atoms with van der Waals surface area (Å²) in [6.07, 6.45) is -3.54. The Bertz CT molecular complexity index is 1140. The van der Waals surface area contributed by atoms with Gasteiger partial charge in [-0.3, -0.25) is 15.5 Å². The Labute approximate surface area is 166 Å². The first-order valence-corrected chi connectivity index (χ1v) is 8.23. The normalized spacial score (nSPS) is 11.6. The molecule has 0 bridgehead atoms. The number of halogens is 3. The zero-order valence-electron chi connectivity index (χ0n) is 14.9. The summed E-state index contributed by atoms with van der Waals surface area (Å²) in [5, 5.41) is 23.8. The summed E-state index contributed by atoms with van der Waals surface area (Å²) in [6.45, 7) is 0. The summed E-state index contributed by atoms with van der Waals surface area (Å²) in [5.41, 5.74) is 0.745. The Morgan fingerprint density at radius 1 is 1.17 bits per heavy atom. The number of hydrazone groups is 1. The minimum absolute atomic E-state index is 0.0791. The highest BCUT2D eigenvalue weighted by Crippen LogP contribution is 2.35. The fourth-order valence-electron chi connectivity index (χ4n) is 2.50. The number of furan rings is 1. The highest BCUT2D eigenvalue weighted by atomic mass is 19.4. The second kappa shape index (κ2) is 8.07. The first kappa shape index (κ1) is 20.6. The maximum atomic E-state index is 12.7. The summed E-state index contributed by atoms with van der Waals surface area (Å²) in [5.74, 6) is -0.500. The van der Waals surface area contributed by atoms with Gasteiger partial charge in [-0.05, 0) is 36.4 Å². The molecule has 1 aromatic heterocycles. The predicted octanol–water partition coefficient (Wildman–Crippen LogP) is 5.02. The van der Waals surface area contributed by atoms with Crippen LogP contribution in [0.1, 0.15) is 21.7 Å². The number of hydrogen-bond acceptors (Lipinski definition) is 6. The van der Waals surface area contributed by atoms with Crippen molar-refractivity contribution in [3.8, 4) is 11.3 Å². The molecule has 2 aromatic carbocycles. The SMILES string of the molecule is O=C(O)c1cccc(-c2ccc(/C=N/Nc3ccc(C(F)(F)F)cc3[N+](=O)[O-])o2)c1. The molecule has 11 heteroatoms. The second-order valence-electron chi connectivity index (χ2n) is 5.94. The molecule has 3 aromatic rings. The van der Waals surface area contributed by atoms with Crippen LogP contribution in [0.15, 0.2) is 64.1 Å². The van der Waals surface area contributed by atoms with Gasteiger partial charge in [-0.15, -0.1) is 0 Å². The fourth-order valence-corrected chi connectivity index (χ4v) is 2.50. The highest BCUT2D eigenvalue weighted by molar-refractivity contribution is 5.89. The van der Waals surface area contributed by atoms with E-state index >= 15 is 0 Å². The molecule has 0 unspecified atom stereocenters. The molecule has 0 atom stereocenters. The number of rotatable bonds is 6. The Morgan fingerprint density at radius 3 is 2.60 bits per heavy atom. The molecular formula is C19H12F3N3O5. The van der Waals surface area contributed by atoms with Crippen LogP contribution in [0.5, 0.6) is 0 Å². The van der Waals surface area contributed by atoms with Gasteiger partial charge in [0.15, 0.2) is 0 Å². The minimum atomic E-state index is -4.71. The van der Waals surface area contributed by atoms with E-state index in [1.54, 1.807) is 18.2 Å². The molecule has 0 aliphatic heterocycles. The molecule has 0 aliphatic rings. The van der Waals surface area contributed by atoms with E-state index in [0.717, 1.165) is 6.07 Å². The van der Waals surface area contributed by atoms with E-state index in [1.165, 1.54) is 24.4 Å². The monoisotopic (exact) mass is 419 g/mol. The number of nitrogens with one attached hydrogen (secondary N) is 1. The van der Waals surface area contributed by atoms with Crippen LogP contribution in [0, 0.1) is 10.1 Å². The summed E-state index contributed by atoms with van der Waals surface area (Å²) >= 11 is 0. The van der Waals surface area contributed by atoms with Gasteiger partial charge in [0.2, 0.25) is 0 Å². The Balaban J connectivity index is 1.78. The highest BCUT2D eigenvalue weighted by Gasteiger charge is 2.33. The number of aromatic carboxylic acids is 1. The fraction of sp³-hybridized carbons (Fsp3) is 0.0526. The van der Waals surface area contributed by atoms with Crippen molar-refractivity contribution in [1.82, 2.24) is 0 Å². The average molecular weight is 419 g/mol. The lowest BCUT2D eigenvalue weighted by atomic mass is 10.1. The van der Waals surface area contributed by atoms with E-state index in [2.05, 4.69) is 10.5 Å². The molecule has 2 N–H and O–H groups in total. The molecular weight excluding hydrogens is 407 g/mol. The van der Waals surface area contributed by atoms with E-state index in [4.69, 9.17) is 9.52 Å². The molecule has 3 rings (SSSR count). The number of nitro groups is 1. The number of nitrogens with zero attached hydrogens (tertiary/aromatic N) is 2. The van der Waals surface area contributed by atoms with Crippen molar-refractivity contribution in [3.05, 3.63) is 81.6 Å². The molecule has 30 heavy (non-hydrogen) atoms. The zero-order valence-corrected chi connectivity index (χ0v) is 14.9. The van der Waals surface area contributed by atoms with Crippen molar-refractivity contribution in [3.63, 3.8) is 0 Å². The van der Waals surface area contributed by atoms with Gasteiger partial charge in [-0.25, -0.2) is 4.79 Å². The van der Waals surface area contributed by atoms with Crippen molar-refractivity contribution in [2.75, 3.05) is 5.43 Å². The smallest absolute Gasteiger partial charge is 0.416 e. The van der Waals surface area contributed by atoms with Crippen molar-refractivity contribution >= 4 is 23.6 Å². The lowest BCUT2D eigenvalue weighted by molar-refractivity contribution is -0.384. The molecule has 0 fully saturated rings. The van der Waals surface area contributed by atoms with E-state index < -0.39 is 28.3 Å². The third-order valence-electron chi connectivity index (χ3n) is 3.92. The van der Waals surface area contributed by atoms with Crippen molar-refractivity contribution < 1.29 is 32.4 Å². The van der Waals surface area contributed by atoms with Gasteiger partial charge in [0.25, 0.3) is 5.69 Å². The van der Waals surface area contributed by atoms with E-state index in [0.29, 0.717) is 23.5 Å². The number of carbonyl (C=O) groups is 1. The van der Waals surface area contributed by atoms with Gasteiger partial charge in [0, 0.05) is 11.6 Å². The number of hydrogen-bond donors (Lipinski definition) is 2. The first-order valence-electron chi connectivity index (χ1n) is 8.23. The summed E-state index contributed by atoms with van der Waals surface area (Å²) in [6, 6.07) is 11.2. The Morgan fingerprint density at radius 2 is 1.93 bits per heavy atom. The van der Waals surface area contributed by atoms with Crippen molar-refractivity contribution in [2.24, 2.45) is 5.10 Å². The van der Waals surface area contributed by atoms with Crippen LogP contribution in [0.4, 0.5) is 24.5 Å². The summed E-state index contributed by atoms with van der Waals surface area (Å²) in [7, 11) is 0. The second-order valence-corrected chi connectivity index (χ2v) is 5.94. The third kappa shape index (κ3) is 4.63. The Kier molecular flexibility index (Phi) is 5.54. The van der Waals surface area contributed by atoms with Crippen LogP contribution < -0.4 is 5.43 Å². The molecule has 1 heterocycles. The maximum Gasteiger partial charge on any atom is 0.416 e. The summed E-state index contributed by atoms with van der Waals surface area (Å²) < 4.78 is 43.7. The average Bonchev–Trinajstić information content (AvgIpc) is 3.16. The maximum absolute atomic E-state index is 12.7. The Hall–Kier alpha value is -4.15. The van der Waals surface area contributed by atoms with Crippen LogP contribution >= 0.6 is 0 Å². The third-order valence-corrected chi connectivity index (χ3v) is 3.92. The van der Waals surface area contributed by atoms with Gasteiger partial charge in [-0.1, -0.05) is 12.1 Å². The van der Waals surface area contributed by atoms with Crippen LogP contribution in [-0.2, 0) is 6.18 Å². The molecule has 0 saturated carbocycles. The quantitative estimate of drug-likeness (QED) is 0.329. The van der Waals surface area contributed by atoms with Gasteiger partial charge in [0.05, 0.1) is 22.3 Å². The molecule has 154 valence electrons. The summed E-state index contributed by atoms with van der Waals surface area (Å²) in [4.78, 5) is 21.2. The van der Waals surface area contributed by atoms with Crippen LogP contribution in [-0.4, -0.2) is 22.2 Å². The zero-order chi connectivity index (χ0) is 21.9. The van der Waals surface area contributed by atoms with Crippen molar-refractivity contribution in [1.29, 1.82) is 0 Å². The first-order chi connectivity index (χ1) is 14.1. The molecule has 0 amide bonds. The number of nitro benzene ring substituents is 1. The van der Waals surface area contributed by atoms with Crippen molar-refractivity contribution in [2.45, 2.75) is 6.18 Å². The van der Waals surface area contributed by atoms with Crippen LogP contribution in [0.25, 0.3) is 11.3 Å². The van der Waals surface area contributed by atoms with Gasteiger partial charge < -0.3 is 9.52 Å². The van der Waals surface area contributed by atoms with Crippen LogP contribution in [0.2, 0.25) is 0 Å². The standard InChI is InChI=1S/C19H12F3N3O5/c20-19(21,22)13-4-6-15(16(9-13)25(28)29)24-23-10-14-5-7-17(30-14)11-2-1-3-12(8-11)18(26)27/h1-10,24H,(H,26,27)/b23-10+. The predicted molar refractivity (Wildman–Crippen MR) is 100 cm³/mol. The van der Waals surface area contributed by atoms with Crippen LogP contribution in [0.3, 0.4) is 0 Å². The van der Waals surface area contributed by atoms with Gasteiger partial charge in [0.1, 0.15) is 17.2 Å².